The van der Waals surface area contributed by atoms with Crippen molar-refractivity contribution in [2.24, 2.45) is 5.92 Å². The monoisotopic (exact) mass is 449 g/mol. The van der Waals surface area contributed by atoms with Gasteiger partial charge >= 0.3 is 0 Å². The maximum atomic E-state index is 13.3. The Morgan fingerprint density at radius 3 is 2.39 bits per heavy atom. The zero-order valence-electron chi connectivity index (χ0n) is 18.3. The average molecular weight is 449 g/mol. The Kier molecular flexibility index (Phi) is 6.31. The van der Waals surface area contributed by atoms with Gasteiger partial charge in [0.1, 0.15) is 29.1 Å². The van der Waals surface area contributed by atoms with Crippen LogP contribution in [0.15, 0.2) is 76.9 Å². The minimum absolute atomic E-state index is 0.0506. The Hall–Kier alpha value is -3.87. The average Bonchev–Trinajstić information content (AvgIpc) is 3.42. The van der Waals surface area contributed by atoms with Gasteiger partial charge < -0.3 is 19.2 Å². The zero-order chi connectivity index (χ0) is 23.5. The van der Waals surface area contributed by atoms with E-state index in [-0.39, 0.29) is 17.9 Å². The first-order chi connectivity index (χ1) is 15.8. The lowest BCUT2D eigenvalue weighted by Gasteiger charge is -2.23. The predicted octanol–water partition coefficient (Wildman–Crippen LogP) is 5.08. The zero-order valence-corrected chi connectivity index (χ0v) is 18.3. The number of Topliss-reactive ketones (excluding diaryl/α,β-unsaturated/α-hetero) is 1. The van der Waals surface area contributed by atoms with Gasteiger partial charge in [-0.1, -0.05) is 26.0 Å². The summed E-state index contributed by atoms with van der Waals surface area (Å²) in [4.78, 5) is 27.2. The molecular formula is C26H24FNO5. The topological polar surface area (TPSA) is 80.0 Å². The van der Waals surface area contributed by atoms with Gasteiger partial charge in [0.15, 0.2) is 0 Å². The molecule has 1 saturated heterocycles. The van der Waals surface area contributed by atoms with Gasteiger partial charge in [-0.05, 0) is 60.0 Å². The van der Waals surface area contributed by atoms with E-state index in [1.165, 1.54) is 23.3 Å². The summed E-state index contributed by atoms with van der Waals surface area (Å²) in [5.41, 5.74) is 0.956. The molecule has 170 valence electrons. The second kappa shape index (κ2) is 9.32. The second-order valence-electron chi connectivity index (χ2n) is 8.30. The van der Waals surface area contributed by atoms with Crippen molar-refractivity contribution in [3.8, 4) is 5.75 Å². The minimum Gasteiger partial charge on any atom is -0.507 e. The number of ketones is 1. The van der Waals surface area contributed by atoms with E-state index in [0.717, 1.165) is 0 Å². The highest BCUT2D eigenvalue weighted by Crippen LogP contribution is 2.40. The molecule has 1 unspecified atom stereocenters. The van der Waals surface area contributed by atoms with E-state index in [4.69, 9.17) is 9.15 Å². The lowest BCUT2D eigenvalue weighted by molar-refractivity contribution is -0.140. The third-order valence-corrected chi connectivity index (χ3v) is 5.33. The molecule has 1 aliphatic heterocycles. The highest BCUT2D eigenvalue weighted by molar-refractivity contribution is 6.46. The number of hydrogen-bond donors (Lipinski definition) is 1. The van der Waals surface area contributed by atoms with Gasteiger partial charge in [0, 0.05) is 12.1 Å². The fourth-order valence-electron chi connectivity index (χ4n) is 3.70. The van der Waals surface area contributed by atoms with Crippen molar-refractivity contribution < 1.29 is 28.2 Å². The fraction of sp³-hybridized carbons (Fsp3) is 0.231. The van der Waals surface area contributed by atoms with Crippen molar-refractivity contribution in [3.63, 3.8) is 0 Å². The Balaban J connectivity index is 1.71. The van der Waals surface area contributed by atoms with E-state index >= 15 is 0 Å². The molecule has 1 amide bonds. The van der Waals surface area contributed by atoms with Gasteiger partial charge in [0.25, 0.3) is 11.7 Å². The number of furan rings is 1. The Labute approximate surface area is 190 Å². The lowest BCUT2D eigenvalue weighted by Crippen LogP contribution is -2.29. The van der Waals surface area contributed by atoms with Crippen LogP contribution in [-0.4, -0.2) is 28.3 Å². The normalized spacial score (nSPS) is 17.7. The molecule has 4 rings (SSSR count). The van der Waals surface area contributed by atoms with E-state index in [1.54, 1.807) is 48.5 Å². The molecule has 2 aromatic carbocycles. The molecule has 1 aromatic heterocycles. The third kappa shape index (κ3) is 4.67. The van der Waals surface area contributed by atoms with Gasteiger partial charge in [-0.15, -0.1) is 0 Å². The summed E-state index contributed by atoms with van der Waals surface area (Å²) in [6, 6.07) is 14.7. The molecule has 1 N–H and O–H groups in total. The van der Waals surface area contributed by atoms with Gasteiger partial charge in [-0.2, -0.15) is 0 Å². The number of aliphatic hydroxyl groups excluding tert-OH is 1. The molecule has 0 saturated carbocycles. The van der Waals surface area contributed by atoms with E-state index < -0.39 is 23.5 Å². The molecular weight excluding hydrogens is 425 g/mol. The number of hydrogen-bond acceptors (Lipinski definition) is 5. The molecule has 1 fully saturated rings. The van der Waals surface area contributed by atoms with E-state index in [1.807, 2.05) is 13.8 Å². The van der Waals surface area contributed by atoms with Crippen LogP contribution in [0.2, 0.25) is 0 Å². The van der Waals surface area contributed by atoms with Crippen molar-refractivity contribution in [1.29, 1.82) is 0 Å². The van der Waals surface area contributed by atoms with Crippen LogP contribution < -0.4 is 4.74 Å². The van der Waals surface area contributed by atoms with Crippen molar-refractivity contribution >= 4 is 17.4 Å². The molecule has 33 heavy (non-hydrogen) atoms. The van der Waals surface area contributed by atoms with Crippen molar-refractivity contribution in [2.45, 2.75) is 26.4 Å². The van der Waals surface area contributed by atoms with Crippen LogP contribution in [0, 0.1) is 11.7 Å². The van der Waals surface area contributed by atoms with Crippen LogP contribution in [0.1, 0.15) is 36.8 Å². The molecule has 2 heterocycles. The first-order valence-corrected chi connectivity index (χ1v) is 10.6. The summed E-state index contributed by atoms with van der Waals surface area (Å²) in [5, 5.41) is 11.1. The number of amides is 1. The summed E-state index contributed by atoms with van der Waals surface area (Å²) < 4.78 is 24.5. The smallest absolute Gasteiger partial charge is 0.296 e. The number of ether oxygens (including phenoxy) is 1. The van der Waals surface area contributed by atoms with Crippen LogP contribution in [-0.2, 0) is 16.1 Å². The number of aliphatic hydroxyl groups is 1. The molecule has 7 heteroatoms. The highest BCUT2D eigenvalue weighted by atomic mass is 19.1. The summed E-state index contributed by atoms with van der Waals surface area (Å²) in [6.07, 6.45) is 1.44. The van der Waals surface area contributed by atoms with Crippen LogP contribution in [0.25, 0.3) is 5.76 Å². The van der Waals surface area contributed by atoms with Crippen LogP contribution in [0.4, 0.5) is 4.39 Å². The Morgan fingerprint density at radius 2 is 1.79 bits per heavy atom. The predicted molar refractivity (Wildman–Crippen MR) is 120 cm³/mol. The number of halogens is 1. The minimum atomic E-state index is -0.915. The maximum absolute atomic E-state index is 13.3. The summed E-state index contributed by atoms with van der Waals surface area (Å²) in [5.74, 6) is -0.927. The van der Waals surface area contributed by atoms with E-state index in [2.05, 4.69) is 0 Å². The Morgan fingerprint density at radius 1 is 1.09 bits per heavy atom. The van der Waals surface area contributed by atoms with Crippen LogP contribution in [0.5, 0.6) is 5.75 Å². The number of benzene rings is 2. The van der Waals surface area contributed by atoms with Crippen LogP contribution in [0.3, 0.4) is 0 Å². The van der Waals surface area contributed by atoms with Crippen molar-refractivity contribution in [2.75, 3.05) is 6.61 Å². The van der Waals surface area contributed by atoms with Gasteiger partial charge in [-0.25, -0.2) is 4.39 Å². The quantitative estimate of drug-likeness (QED) is 0.309. The maximum Gasteiger partial charge on any atom is 0.296 e. The summed E-state index contributed by atoms with van der Waals surface area (Å²) >= 11 is 0. The van der Waals surface area contributed by atoms with Gasteiger partial charge in [0.05, 0.1) is 18.4 Å². The first-order valence-electron chi connectivity index (χ1n) is 10.6. The van der Waals surface area contributed by atoms with E-state index in [9.17, 15) is 19.1 Å². The second-order valence-corrected chi connectivity index (χ2v) is 8.30. The largest absolute Gasteiger partial charge is 0.507 e. The van der Waals surface area contributed by atoms with Gasteiger partial charge in [0.2, 0.25) is 0 Å². The number of likely N-dealkylation sites (tertiary alicyclic amines) is 1. The molecule has 1 atom stereocenters. The standard InChI is InChI=1S/C26H24FNO5/c1-16(2)15-33-20-11-7-18(8-12-20)24(29)22-23(21-4-3-13-32-21)28(26(31)25(22)30)14-17-5-9-19(27)10-6-17/h3-13,16,23,29H,14-15H2,1-2H3/b24-22-. The highest BCUT2D eigenvalue weighted by Gasteiger charge is 2.47. The SMILES string of the molecule is CC(C)COc1ccc(/C(O)=C2/C(=O)C(=O)N(Cc3ccc(F)cc3)C2c2ccco2)cc1. The first kappa shape index (κ1) is 22.3. The fourth-order valence-corrected chi connectivity index (χ4v) is 3.70. The molecule has 0 radical (unpaired) electrons. The summed E-state index contributed by atoms with van der Waals surface area (Å²) in [6.45, 7) is 4.69. The van der Waals surface area contributed by atoms with E-state index in [0.29, 0.717) is 35.2 Å². The summed E-state index contributed by atoms with van der Waals surface area (Å²) in [7, 11) is 0. The van der Waals surface area contributed by atoms with Crippen LogP contribution >= 0.6 is 0 Å². The number of nitrogens with zero attached hydrogens (tertiary/aromatic N) is 1. The molecule has 6 nitrogen and oxygen atoms in total. The third-order valence-electron chi connectivity index (χ3n) is 5.33. The molecule has 0 spiro atoms. The molecule has 0 aliphatic carbocycles. The number of carbonyl (C=O) groups excluding carboxylic acids is 2. The molecule has 3 aromatic rings. The molecule has 0 bridgehead atoms. The molecule has 1 aliphatic rings. The lowest BCUT2D eigenvalue weighted by atomic mass is 9.99. The van der Waals surface area contributed by atoms with Crippen molar-refractivity contribution in [3.05, 3.63) is 95.2 Å². The van der Waals surface area contributed by atoms with Crippen molar-refractivity contribution in [1.82, 2.24) is 4.90 Å². The number of carbonyl (C=O) groups is 2. The van der Waals surface area contributed by atoms with Gasteiger partial charge in [-0.3, -0.25) is 9.59 Å². The number of rotatable bonds is 7. The Bertz CT molecular complexity index is 1160.